The zero-order valence-corrected chi connectivity index (χ0v) is 14.5. The quantitative estimate of drug-likeness (QED) is 0.841. The van der Waals surface area contributed by atoms with Gasteiger partial charge in [-0.3, -0.25) is 9.59 Å². The van der Waals surface area contributed by atoms with Gasteiger partial charge in [0.05, 0.1) is 11.5 Å². The SMILES string of the molecule is CO[C@@H]1CCC[C@@]12CCCN(C(=O)c1cc(=O)c3ccccc3o1)C2. The van der Waals surface area contributed by atoms with Gasteiger partial charge in [-0.15, -0.1) is 0 Å². The lowest BCUT2D eigenvalue weighted by molar-refractivity contribution is -0.0301. The molecule has 1 saturated carbocycles. The number of methoxy groups -OCH3 is 1. The second-order valence-electron chi connectivity index (χ2n) is 7.28. The van der Waals surface area contributed by atoms with E-state index in [1.807, 2.05) is 4.90 Å². The predicted octanol–water partition coefficient (Wildman–Crippen LogP) is 3.21. The lowest BCUT2D eigenvalue weighted by atomic mass is 9.76. The number of para-hydroxylation sites is 1. The number of benzene rings is 1. The van der Waals surface area contributed by atoms with Gasteiger partial charge in [-0.25, -0.2) is 0 Å². The third-order valence-corrected chi connectivity index (χ3v) is 5.85. The largest absolute Gasteiger partial charge is 0.451 e. The Morgan fingerprint density at radius 1 is 1.28 bits per heavy atom. The van der Waals surface area contributed by atoms with Crippen LogP contribution >= 0.6 is 0 Å². The Morgan fingerprint density at radius 2 is 2.08 bits per heavy atom. The van der Waals surface area contributed by atoms with Crippen molar-refractivity contribution in [3.63, 3.8) is 0 Å². The first-order valence-corrected chi connectivity index (χ1v) is 8.98. The number of rotatable bonds is 2. The second-order valence-corrected chi connectivity index (χ2v) is 7.28. The molecule has 4 rings (SSSR count). The number of carbonyl (C=O) groups is 1. The summed E-state index contributed by atoms with van der Waals surface area (Å²) >= 11 is 0. The van der Waals surface area contributed by atoms with E-state index in [4.69, 9.17) is 9.15 Å². The highest BCUT2D eigenvalue weighted by molar-refractivity contribution is 5.93. The van der Waals surface area contributed by atoms with Gasteiger partial charge in [-0.1, -0.05) is 18.6 Å². The highest BCUT2D eigenvalue weighted by atomic mass is 16.5. The van der Waals surface area contributed by atoms with Crippen LogP contribution in [0.25, 0.3) is 11.0 Å². The van der Waals surface area contributed by atoms with E-state index in [0.717, 1.165) is 32.1 Å². The summed E-state index contributed by atoms with van der Waals surface area (Å²) in [6.45, 7) is 1.38. The minimum absolute atomic E-state index is 0.0554. The smallest absolute Gasteiger partial charge is 0.289 e. The lowest BCUT2D eigenvalue weighted by Gasteiger charge is -2.43. The molecule has 1 spiro atoms. The predicted molar refractivity (Wildman–Crippen MR) is 94.7 cm³/mol. The summed E-state index contributed by atoms with van der Waals surface area (Å²) in [5, 5.41) is 0.504. The highest BCUT2D eigenvalue weighted by Gasteiger charge is 2.46. The van der Waals surface area contributed by atoms with Crippen molar-refractivity contribution in [2.75, 3.05) is 20.2 Å². The summed E-state index contributed by atoms with van der Waals surface area (Å²) in [7, 11) is 1.76. The average molecular weight is 341 g/mol. The van der Waals surface area contributed by atoms with Crippen LogP contribution in [0.4, 0.5) is 0 Å². The van der Waals surface area contributed by atoms with Gasteiger partial charge in [0.1, 0.15) is 5.58 Å². The van der Waals surface area contributed by atoms with Crippen LogP contribution in [0.1, 0.15) is 42.7 Å². The van der Waals surface area contributed by atoms with Gasteiger partial charge < -0.3 is 14.1 Å². The van der Waals surface area contributed by atoms with E-state index in [9.17, 15) is 9.59 Å². The fraction of sp³-hybridized carbons (Fsp3) is 0.500. The number of piperidine rings is 1. The number of carbonyl (C=O) groups excluding carboxylic acids is 1. The van der Waals surface area contributed by atoms with Gasteiger partial charge in [0.25, 0.3) is 5.91 Å². The molecule has 1 amide bonds. The molecule has 2 aliphatic rings. The minimum Gasteiger partial charge on any atom is -0.451 e. The van der Waals surface area contributed by atoms with Crippen molar-refractivity contribution >= 4 is 16.9 Å². The number of nitrogens with zero attached hydrogens (tertiary/aromatic N) is 1. The summed E-state index contributed by atoms with van der Waals surface area (Å²) in [6, 6.07) is 8.36. The van der Waals surface area contributed by atoms with Crippen LogP contribution in [-0.2, 0) is 4.74 Å². The third kappa shape index (κ3) is 2.76. The van der Waals surface area contributed by atoms with Crippen molar-refractivity contribution < 1.29 is 13.9 Å². The number of likely N-dealkylation sites (tertiary alicyclic amines) is 1. The summed E-state index contributed by atoms with van der Waals surface area (Å²) in [4.78, 5) is 27.1. The molecule has 1 aromatic carbocycles. The Kier molecular flexibility index (Phi) is 4.12. The molecule has 2 atom stereocenters. The Hall–Kier alpha value is -2.14. The van der Waals surface area contributed by atoms with Gasteiger partial charge in [0, 0.05) is 31.7 Å². The molecule has 5 nitrogen and oxygen atoms in total. The van der Waals surface area contributed by atoms with E-state index in [1.165, 1.54) is 6.07 Å². The summed E-state index contributed by atoms with van der Waals surface area (Å²) < 4.78 is 11.4. The van der Waals surface area contributed by atoms with Gasteiger partial charge >= 0.3 is 0 Å². The number of fused-ring (bicyclic) bond motifs is 1. The summed E-state index contributed by atoms with van der Waals surface area (Å²) in [6.07, 6.45) is 5.57. The minimum atomic E-state index is -0.191. The van der Waals surface area contributed by atoms with E-state index in [1.54, 1.807) is 31.4 Å². The number of amides is 1. The first-order valence-electron chi connectivity index (χ1n) is 8.98. The van der Waals surface area contributed by atoms with Crippen molar-refractivity contribution in [1.29, 1.82) is 0 Å². The highest BCUT2D eigenvalue weighted by Crippen LogP contribution is 2.46. The molecule has 0 radical (unpaired) electrons. The first-order chi connectivity index (χ1) is 12.1. The molecular weight excluding hydrogens is 318 g/mol. The molecule has 1 saturated heterocycles. The van der Waals surface area contributed by atoms with Gasteiger partial charge in [-0.2, -0.15) is 0 Å². The molecule has 0 bridgehead atoms. The molecule has 2 fully saturated rings. The third-order valence-electron chi connectivity index (χ3n) is 5.85. The average Bonchev–Trinajstić information content (AvgIpc) is 3.02. The fourth-order valence-electron chi connectivity index (χ4n) is 4.64. The molecule has 5 heteroatoms. The van der Waals surface area contributed by atoms with Gasteiger partial charge in [0.15, 0.2) is 11.2 Å². The van der Waals surface area contributed by atoms with Crippen LogP contribution in [0.5, 0.6) is 0 Å². The van der Waals surface area contributed by atoms with Crippen molar-refractivity contribution in [2.45, 2.75) is 38.2 Å². The van der Waals surface area contributed by atoms with Gasteiger partial charge in [-0.05, 0) is 37.8 Å². The zero-order valence-electron chi connectivity index (χ0n) is 14.5. The summed E-state index contributed by atoms with van der Waals surface area (Å²) in [5.74, 6) is -0.0589. The van der Waals surface area contributed by atoms with E-state index in [-0.39, 0.29) is 28.6 Å². The Bertz CT molecular complexity index is 858. The molecule has 132 valence electrons. The molecule has 1 aliphatic carbocycles. The van der Waals surface area contributed by atoms with Gasteiger partial charge in [0.2, 0.25) is 0 Å². The molecule has 2 aromatic rings. The second kappa shape index (κ2) is 6.30. The van der Waals surface area contributed by atoms with E-state index < -0.39 is 0 Å². The first kappa shape index (κ1) is 16.3. The van der Waals surface area contributed by atoms with Crippen molar-refractivity contribution in [3.05, 3.63) is 46.3 Å². The van der Waals surface area contributed by atoms with Crippen LogP contribution < -0.4 is 5.43 Å². The lowest BCUT2D eigenvalue weighted by Crippen LogP contribution is -2.49. The molecule has 0 N–H and O–H groups in total. The van der Waals surface area contributed by atoms with Crippen LogP contribution in [0.15, 0.2) is 39.5 Å². The fourth-order valence-corrected chi connectivity index (χ4v) is 4.64. The maximum absolute atomic E-state index is 13.0. The normalized spacial score (nSPS) is 26.4. The Labute approximate surface area is 146 Å². The number of ether oxygens (including phenoxy) is 1. The van der Waals surface area contributed by atoms with E-state index in [0.29, 0.717) is 24.1 Å². The van der Waals surface area contributed by atoms with Crippen LogP contribution in [0.3, 0.4) is 0 Å². The van der Waals surface area contributed by atoms with Crippen LogP contribution in [0, 0.1) is 5.41 Å². The monoisotopic (exact) mass is 341 g/mol. The Balaban J connectivity index is 1.64. The topological polar surface area (TPSA) is 59.8 Å². The number of hydrogen-bond donors (Lipinski definition) is 0. The zero-order chi connectivity index (χ0) is 17.4. The maximum Gasteiger partial charge on any atom is 0.289 e. The Morgan fingerprint density at radius 3 is 2.92 bits per heavy atom. The molecule has 0 unspecified atom stereocenters. The maximum atomic E-state index is 13.0. The van der Waals surface area contributed by atoms with Crippen LogP contribution in [0.2, 0.25) is 0 Å². The molecule has 25 heavy (non-hydrogen) atoms. The standard InChI is InChI=1S/C20H23NO4/c1-24-18-8-4-9-20(18)10-5-11-21(13-20)19(23)17-12-15(22)14-6-2-3-7-16(14)25-17/h2-3,6-7,12,18H,4-5,8-11,13H2,1H3/t18-,20+/m1/s1. The van der Waals surface area contributed by atoms with Crippen molar-refractivity contribution in [3.8, 4) is 0 Å². The molecular formula is C20H23NO4. The van der Waals surface area contributed by atoms with Crippen molar-refractivity contribution in [1.82, 2.24) is 4.90 Å². The molecule has 2 heterocycles. The summed E-state index contributed by atoms with van der Waals surface area (Å²) in [5.41, 5.74) is 0.341. The van der Waals surface area contributed by atoms with Crippen molar-refractivity contribution in [2.24, 2.45) is 5.41 Å². The molecule has 1 aromatic heterocycles. The number of hydrogen-bond acceptors (Lipinski definition) is 4. The van der Waals surface area contributed by atoms with Crippen LogP contribution in [-0.4, -0.2) is 37.1 Å². The molecule has 1 aliphatic heterocycles. The van der Waals surface area contributed by atoms with E-state index >= 15 is 0 Å². The van der Waals surface area contributed by atoms with E-state index in [2.05, 4.69) is 0 Å².